The summed E-state index contributed by atoms with van der Waals surface area (Å²) in [5, 5.41) is 0. The smallest absolute Gasteiger partial charge is 0.222 e. The molecule has 0 spiro atoms. The molecule has 1 fully saturated rings. The van der Waals surface area contributed by atoms with E-state index in [1.165, 1.54) is 25.7 Å². The number of carbonyl (C=O) groups is 1. The normalized spacial score (nSPS) is 17.1. The van der Waals surface area contributed by atoms with Crippen molar-refractivity contribution in [2.75, 3.05) is 13.1 Å². The molecule has 0 radical (unpaired) electrons. The monoisotopic (exact) mass is 211 g/mol. The summed E-state index contributed by atoms with van der Waals surface area (Å²) in [5.74, 6) is 0.376. The molecule has 0 aromatic rings. The Bertz CT molecular complexity index is 199. The van der Waals surface area contributed by atoms with E-state index in [0.717, 1.165) is 25.9 Å². The fraction of sp³-hybridized carbons (Fsp3) is 0.923. The quantitative estimate of drug-likeness (QED) is 0.654. The molecule has 1 rings (SSSR count). The Morgan fingerprint density at radius 3 is 2.27 bits per heavy atom. The summed E-state index contributed by atoms with van der Waals surface area (Å²) in [5.41, 5.74) is 0.413. The zero-order chi connectivity index (χ0) is 11.3. The number of carbonyl (C=O) groups excluding carboxylic acids is 1. The van der Waals surface area contributed by atoms with Crippen LogP contribution in [0.5, 0.6) is 0 Å². The maximum Gasteiger partial charge on any atom is 0.222 e. The Kier molecular flexibility index (Phi) is 4.62. The molecule has 0 N–H and O–H groups in total. The van der Waals surface area contributed by atoms with E-state index in [0.29, 0.717) is 11.3 Å². The van der Waals surface area contributed by atoms with Crippen LogP contribution in [0.25, 0.3) is 0 Å². The fourth-order valence-corrected chi connectivity index (χ4v) is 2.06. The van der Waals surface area contributed by atoms with Gasteiger partial charge >= 0.3 is 0 Å². The van der Waals surface area contributed by atoms with Crippen molar-refractivity contribution in [1.82, 2.24) is 4.90 Å². The van der Waals surface area contributed by atoms with Crippen LogP contribution in [-0.2, 0) is 4.79 Å². The molecule has 1 aliphatic rings. The minimum absolute atomic E-state index is 0.376. The molecule has 15 heavy (non-hydrogen) atoms. The van der Waals surface area contributed by atoms with Crippen molar-refractivity contribution < 1.29 is 4.79 Å². The van der Waals surface area contributed by atoms with E-state index in [-0.39, 0.29) is 0 Å². The summed E-state index contributed by atoms with van der Waals surface area (Å²) in [6.45, 7) is 8.77. The minimum atomic E-state index is 0.376. The third-order valence-corrected chi connectivity index (χ3v) is 3.03. The highest BCUT2D eigenvalue weighted by atomic mass is 16.2. The van der Waals surface area contributed by atoms with Crippen molar-refractivity contribution in [1.29, 1.82) is 0 Å². The lowest BCUT2D eigenvalue weighted by atomic mass is 9.89. The number of rotatable bonds is 4. The van der Waals surface area contributed by atoms with Gasteiger partial charge in [0.1, 0.15) is 0 Å². The molecule has 0 aromatic carbocycles. The Morgan fingerprint density at radius 2 is 1.73 bits per heavy atom. The van der Waals surface area contributed by atoms with Gasteiger partial charge in [-0.1, -0.05) is 27.2 Å². The number of hydrogen-bond acceptors (Lipinski definition) is 1. The van der Waals surface area contributed by atoms with Crippen molar-refractivity contribution >= 4 is 5.91 Å². The molecule has 0 bridgehead atoms. The lowest BCUT2D eigenvalue weighted by Gasteiger charge is -2.18. The van der Waals surface area contributed by atoms with Crippen molar-refractivity contribution in [3.63, 3.8) is 0 Å². The van der Waals surface area contributed by atoms with Gasteiger partial charge in [-0.3, -0.25) is 4.79 Å². The number of hydrogen-bond donors (Lipinski definition) is 0. The van der Waals surface area contributed by atoms with Gasteiger partial charge in [-0.05, 0) is 31.1 Å². The van der Waals surface area contributed by atoms with Gasteiger partial charge < -0.3 is 4.90 Å². The Morgan fingerprint density at radius 1 is 1.13 bits per heavy atom. The average molecular weight is 211 g/mol. The Labute approximate surface area is 94.0 Å². The van der Waals surface area contributed by atoms with Crippen LogP contribution in [0.4, 0.5) is 0 Å². The van der Waals surface area contributed by atoms with E-state index in [1.807, 2.05) is 4.90 Å². The van der Waals surface area contributed by atoms with Crippen LogP contribution >= 0.6 is 0 Å². The van der Waals surface area contributed by atoms with Gasteiger partial charge in [0.25, 0.3) is 0 Å². The molecule has 0 aromatic heterocycles. The van der Waals surface area contributed by atoms with Crippen LogP contribution in [0.2, 0.25) is 0 Å². The number of amides is 1. The van der Waals surface area contributed by atoms with E-state index in [9.17, 15) is 4.79 Å². The van der Waals surface area contributed by atoms with E-state index >= 15 is 0 Å². The van der Waals surface area contributed by atoms with E-state index < -0.39 is 0 Å². The van der Waals surface area contributed by atoms with Gasteiger partial charge in [-0.2, -0.15) is 0 Å². The molecular formula is C13H25NO. The zero-order valence-electron chi connectivity index (χ0n) is 10.5. The van der Waals surface area contributed by atoms with E-state index in [2.05, 4.69) is 20.8 Å². The summed E-state index contributed by atoms with van der Waals surface area (Å²) in [6.07, 6.45) is 6.63. The molecule has 0 saturated carbocycles. The fourth-order valence-electron chi connectivity index (χ4n) is 2.06. The van der Waals surface area contributed by atoms with Crippen LogP contribution in [0.1, 0.15) is 59.3 Å². The largest absolute Gasteiger partial charge is 0.343 e. The third kappa shape index (κ3) is 5.19. The van der Waals surface area contributed by atoms with Crippen LogP contribution in [-0.4, -0.2) is 23.9 Å². The highest BCUT2D eigenvalue weighted by Crippen LogP contribution is 2.22. The highest BCUT2D eigenvalue weighted by molar-refractivity contribution is 5.76. The highest BCUT2D eigenvalue weighted by Gasteiger charge is 2.17. The first-order chi connectivity index (χ1) is 6.99. The zero-order valence-corrected chi connectivity index (χ0v) is 10.5. The lowest BCUT2D eigenvalue weighted by molar-refractivity contribution is -0.130. The van der Waals surface area contributed by atoms with Crippen molar-refractivity contribution in [2.24, 2.45) is 5.41 Å². The first-order valence-corrected chi connectivity index (χ1v) is 6.27. The van der Waals surface area contributed by atoms with Gasteiger partial charge in [0, 0.05) is 19.5 Å². The van der Waals surface area contributed by atoms with E-state index in [4.69, 9.17) is 0 Å². The molecule has 0 aliphatic carbocycles. The third-order valence-electron chi connectivity index (χ3n) is 3.03. The number of nitrogens with zero attached hydrogens (tertiary/aromatic N) is 1. The van der Waals surface area contributed by atoms with Crippen molar-refractivity contribution in [3.05, 3.63) is 0 Å². The molecular weight excluding hydrogens is 186 g/mol. The van der Waals surface area contributed by atoms with Gasteiger partial charge in [-0.25, -0.2) is 0 Å². The first kappa shape index (κ1) is 12.5. The SMILES string of the molecule is CC(C)(C)CCCCC(=O)N1CCCC1. The van der Waals surface area contributed by atoms with E-state index in [1.54, 1.807) is 0 Å². The predicted molar refractivity (Wildman–Crippen MR) is 63.7 cm³/mol. The van der Waals surface area contributed by atoms with Crippen LogP contribution in [0.3, 0.4) is 0 Å². The van der Waals surface area contributed by atoms with Crippen LogP contribution in [0, 0.1) is 5.41 Å². The maximum absolute atomic E-state index is 11.7. The van der Waals surface area contributed by atoms with Crippen molar-refractivity contribution in [2.45, 2.75) is 59.3 Å². The summed E-state index contributed by atoms with van der Waals surface area (Å²) in [4.78, 5) is 13.7. The Hall–Kier alpha value is -0.530. The minimum Gasteiger partial charge on any atom is -0.343 e. The van der Waals surface area contributed by atoms with Crippen molar-refractivity contribution in [3.8, 4) is 0 Å². The van der Waals surface area contributed by atoms with Crippen LogP contribution < -0.4 is 0 Å². The number of unbranched alkanes of at least 4 members (excludes halogenated alkanes) is 1. The molecule has 0 unspecified atom stereocenters. The van der Waals surface area contributed by atoms with Gasteiger partial charge in [-0.15, -0.1) is 0 Å². The standard InChI is InChI=1S/C13H25NO/c1-13(2,3)9-5-4-8-12(15)14-10-6-7-11-14/h4-11H2,1-3H3. The first-order valence-electron chi connectivity index (χ1n) is 6.27. The second-order valence-corrected chi connectivity index (χ2v) is 5.86. The molecule has 1 aliphatic heterocycles. The predicted octanol–water partition coefficient (Wildman–Crippen LogP) is 3.22. The average Bonchev–Trinajstić information content (AvgIpc) is 2.63. The molecule has 1 saturated heterocycles. The molecule has 1 amide bonds. The van der Waals surface area contributed by atoms with Crippen LogP contribution in [0.15, 0.2) is 0 Å². The topological polar surface area (TPSA) is 20.3 Å². The Balaban J connectivity index is 2.07. The number of likely N-dealkylation sites (tertiary alicyclic amines) is 1. The molecule has 0 atom stereocenters. The lowest BCUT2D eigenvalue weighted by Crippen LogP contribution is -2.27. The molecule has 2 heteroatoms. The second-order valence-electron chi connectivity index (χ2n) is 5.86. The molecule has 1 heterocycles. The van der Waals surface area contributed by atoms with Gasteiger partial charge in [0.05, 0.1) is 0 Å². The maximum atomic E-state index is 11.7. The summed E-state index contributed by atoms with van der Waals surface area (Å²) >= 11 is 0. The summed E-state index contributed by atoms with van der Waals surface area (Å²) < 4.78 is 0. The summed E-state index contributed by atoms with van der Waals surface area (Å²) in [7, 11) is 0. The molecule has 2 nitrogen and oxygen atoms in total. The molecule has 88 valence electrons. The van der Waals surface area contributed by atoms with Gasteiger partial charge in [0.2, 0.25) is 5.91 Å². The summed E-state index contributed by atoms with van der Waals surface area (Å²) in [6, 6.07) is 0. The van der Waals surface area contributed by atoms with Gasteiger partial charge in [0.15, 0.2) is 0 Å². The second kappa shape index (κ2) is 5.53.